The fraction of sp³-hybridized carbons (Fsp3) is 0.588. The fourth-order valence-electron chi connectivity index (χ4n) is 3.12. The fourth-order valence-corrected chi connectivity index (χ4v) is 3.12. The number of rotatable bonds is 4. The Morgan fingerprint density at radius 3 is 2.84 bits per heavy atom. The van der Waals surface area contributed by atoms with Crippen LogP contribution in [0.25, 0.3) is 0 Å². The van der Waals surface area contributed by atoms with Crippen LogP contribution in [0, 0.1) is 18.8 Å². The first-order chi connectivity index (χ1) is 9.15. The molecule has 0 bridgehead atoms. The predicted molar refractivity (Wildman–Crippen MR) is 77.8 cm³/mol. The number of ether oxygens (including phenoxy) is 1. The number of Topliss-reactive ketones (excluding diaryl/α,β-unsaturated/α-hetero) is 1. The van der Waals surface area contributed by atoms with Crippen LogP contribution in [-0.2, 0) is 0 Å². The number of ketones is 1. The molecule has 104 valence electrons. The van der Waals surface area contributed by atoms with E-state index in [4.69, 9.17) is 4.74 Å². The van der Waals surface area contributed by atoms with Crippen LogP contribution in [0.15, 0.2) is 18.2 Å². The molecule has 0 aliphatic heterocycles. The van der Waals surface area contributed by atoms with Gasteiger partial charge in [0.15, 0.2) is 5.78 Å². The Morgan fingerprint density at radius 2 is 2.16 bits per heavy atom. The molecular weight excluding hydrogens is 236 g/mol. The van der Waals surface area contributed by atoms with Gasteiger partial charge in [-0.25, -0.2) is 0 Å². The van der Waals surface area contributed by atoms with Crippen molar-refractivity contribution in [1.82, 2.24) is 0 Å². The third-order valence-electron chi connectivity index (χ3n) is 4.35. The smallest absolute Gasteiger partial charge is 0.169 e. The summed E-state index contributed by atoms with van der Waals surface area (Å²) in [4.78, 5) is 12.7. The summed E-state index contributed by atoms with van der Waals surface area (Å²) in [5.41, 5.74) is 1.89. The summed E-state index contributed by atoms with van der Waals surface area (Å²) in [6.45, 7) is 4.24. The summed E-state index contributed by atoms with van der Waals surface area (Å²) in [6, 6.07) is 5.87. The van der Waals surface area contributed by atoms with Gasteiger partial charge < -0.3 is 4.74 Å². The van der Waals surface area contributed by atoms with E-state index in [1.165, 1.54) is 19.3 Å². The lowest BCUT2D eigenvalue weighted by Gasteiger charge is -2.27. The molecule has 0 aromatic heterocycles. The molecule has 0 N–H and O–H groups in total. The first-order valence-corrected chi connectivity index (χ1v) is 7.34. The SMILES string of the molecule is CCC1CCCC(C(=O)c2ccc(C)cc2OC)C1. The summed E-state index contributed by atoms with van der Waals surface area (Å²) in [6.07, 6.45) is 5.74. The van der Waals surface area contributed by atoms with Crippen LogP contribution in [0.1, 0.15) is 54.9 Å². The maximum Gasteiger partial charge on any atom is 0.169 e. The Morgan fingerprint density at radius 1 is 1.37 bits per heavy atom. The summed E-state index contributed by atoms with van der Waals surface area (Å²) in [5.74, 6) is 1.91. The monoisotopic (exact) mass is 260 g/mol. The zero-order chi connectivity index (χ0) is 13.8. The predicted octanol–water partition coefficient (Wildman–Crippen LogP) is 4.40. The largest absolute Gasteiger partial charge is 0.496 e. The van der Waals surface area contributed by atoms with E-state index in [9.17, 15) is 4.79 Å². The lowest BCUT2D eigenvalue weighted by Crippen LogP contribution is -2.23. The normalized spacial score (nSPS) is 23.1. The zero-order valence-corrected chi connectivity index (χ0v) is 12.2. The molecule has 0 amide bonds. The molecule has 2 unspecified atom stereocenters. The van der Waals surface area contributed by atoms with E-state index in [2.05, 4.69) is 6.92 Å². The second-order valence-electron chi connectivity index (χ2n) is 5.71. The van der Waals surface area contributed by atoms with E-state index in [0.29, 0.717) is 0 Å². The molecule has 2 atom stereocenters. The van der Waals surface area contributed by atoms with Gasteiger partial charge in [-0.05, 0) is 43.4 Å². The van der Waals surface area contributed by atoms with Crippen molar-refractivity contribution in [3.05, 3.63) is 29.3 Å². The van der Waals surface area contributed by atoms with Crippen LogP contribution in [0.5, 0.6) is 5.75 Å². The Bertz CT molecular complexity index is 451. The van der Waals surface area contributed by atoms with Crippen molar-refractivity contribution >= 4 is 5.78 Å². The van der Waals surface area contributed by atoms with Crippen molar-refractivity contribution < 1.29 is 9.53 Å². The Balaban J connectivity index is 2.19. The van der Waals surface area contributed by atoms with E-state index in [0.717, 1.165) is 35.6 Å². The van der Waals surface area contributed by atoms with Crippen LogP contribution in [-0.4, -0.2) is 12.9 Å². The highest BCUT2D eigenvalue weighted by molar-refractivity contribution is 6.00. The summed E-state index contributed by atoms with van der Waals surface area (Å²) >= 11 is 0. The molecule has 0 heterocycles. The Labute approximate surface area is 116 Å². The van der Waals surface area contributed by atoms with Gasteiger partial charge in [-0.15, -0.1) is 0 Å². The molecule has 1 aromatic rings. The number of aryl methyl sites for hydroxylation is 1. The molecule has 1 fully saturated rings. The number of carbonyl (C=O) groups excluding carboxylic acids is 1. The van der Waals surface area contributed by atoms with Gasteiger partial charge in [-0.3, -0.25) is 4.79 Å². The van der Waals surface area contributed by atoms with E-state index in [1.54, 1.807) is 7.11 Å². The highest BCUT2D eigenvalue weighted by atomic mass is 16.5. The van der Waals surface area contributed by atoms with Crippen LogP contribution < -0.4 is 4.74 Å². The first kappa shape index (κ1) is 14.1. The summed E-state index contributed by atoms with van der Waals surface area (Å²) < 4.78 is 5.37. The topological polar surface area (TPSA) is 26.3 Å². The second-order valence-corrected chi connectivity index (χ2v) is 5.71. The van der Waals surface area contributed by atoms with Gasteiger partial charge in [0.2, 0.25) is 0 Å². The minimum absolute atomic E-state index is 0.190. The molecule has 1 aliphatic rings. The van der Waals surface area contributed by atoms with E-state index in [-0.39, 0.29) is 11.7 Å². The van der Waals surface area contributed by atoms with Crippen LogP contribution in [0.4, 0.5) is 0 Å². The van der Waals surface area contributed by atoms with E-state index in [1.807, 2.05) is 25.1 Å². The van der Waals surface area contributed by atoms with Gasteiger partial charge in [-0.2, -0.15) is 0 Å². The molecule has 1 saturated carbocycles. The Hall–Kier alpha value is -1.31. The molecule has 0 saturated heterocycles. The van der Waals surface area contributed by atoms with Crippen LogP contribution in [0.3, 0.4) is 0 Å². The van der Waals surface area contributed by atoms with Crippen molar-refractivity contribution in [2.24, 2.45) is 11.8 Å². The molecule has 2 heteroatoms. The van der Waals surface area contributed by atoms with Crippen molar-refractivity contribution in [2.75, 3.05) is 7.11 Å². The average Bonchev–Trinajstić information content (AvgIpc) is 2.46. The van der Waals surface area contributed by atoms with Crippen molar-refractivity contribution in [3.63, 3.8) is 0 Å². The highest BCUT2D eigenvalue weighted by Crippen LogP contribution is 2.34. The number of benzene rings is 1. The van der Waals surface area contributed by atoms with Crippen molar-refractivity contribution in [3.8, 4) is 5.75 Å². The number of hydrogen-bond acceptors (Lipinski definition) is 2. The third kappa shape index (κ3) is 3.17. The maximum atomic E-state index is 12.7. The van der Waals surface area contributed by atoms with Gasteiger partial charge in [0, 0.05) is 5.92 Å². The van der Waals surface area contributed by atoms with Gasteiger partial charge in [0.05, 0.1) is 12.7 Å². The molecular formula is C17H24O2. The van der Waals surface area contributed by atoms with Crippen LogP contribution in [0.2, 0.25) is 0 Å². The lowest BCUT2D eigenvalue weighted by atomic mass is 9.77. The Kier molecular flexibility index (Phi) is 4.62. The number of methoxy groups -OCH3 is 1. The lowest BCUT2D eigenvalue weighted by molar-refractivity contribution is 0.0859. The highest BCUT2D eigenvalue weighted by Gasteiger charge is 2.28. The van der Waals surface area contributed by atoms with Crippen LogP contribution >= 0.6 is 0 Å². The minimum atomic E-state index is 0.190. The minimum Gasteiger partial charge on any atom is -0.496 e. The molecule has 1 aliphatic carbocycles. The zero-order valence-electron chi connectivity index (χ0n) is 12.2. The number of hydrogen-bond donors (Lipinski definition) is 0. The van der Waals surface area contributed by atoms with Gasteiger partial charge in [-0.1, -0.05) is 32.3 Å². The quantitative estimate of drug-likeness (QED) is 0.750. The second kappa shape index (κ2) is 6.23. The average molecular weight is 260 g/mol. The van der Waals surface area contributed by atoms with Crippen molar-refractivity contribution in [1.29, 1.82) is 0 Å². The maximum absolute atomic E-state index is 12.7. The van der Waals surface area contributed by atoms with E-state index < -0.39 is 0 Å². The molecule has 0 radical (unpaired) electrons. The van der Waals surface area contributed by atoms with Gasteiger partial charge in [0.1, 0.15) is 5.75 Å². The summed E-state index contributed by atoms with van der Waals surface area (Å²) in [7, 11) is 1.64. The molecule has 2 nitrogen and oxygen atoms in total. The van der Waals surface area contributed by atoms with Gasteiger partial charge in [0.25, 0.3) is 0 Å². The molecule has 0 spiro atoms. The third-order valence-corrected chi connectivity index (χ3v) is 4.35. The number of carbonyl (C=O) groups is 1. The standard InChI is InChI=1S/C17H24O2/c1-4-13-6-5-7-14(11-13)17(18)15-9-8-12(2)10-16(15)19-3/h8-10,13-14H,4-7,11H2,1-3H3. The van der Waals surface area contributed by atoms with Crippen molar-refractivity contribution in [2.45, 2.75) is 46.0 Å². The summed E-state index contributed by atoms with van der Waals surface area (Å²) in [5, 5.41) is 0. The van der Waals surface area contributed by atoms with Gasteiger partial charge >= 0.3 is 0 Å². The molecule has 2 rings (SSSR count). The van der Waals surface area contributed by atoms with E-state index >= 15 is 0 Å². The molecule has 19 heavy (non-hydrogen) atoms. The molecule has 1 aromatic carbocycles. The first-order valence-electron chi connectivity index (χ1n) is 7.34.